The van der Waals surface area contributed by atoms with Gasteiger partial charge in [-0.15, -0.1) is 0 Å². The average Bonchev–Trinajstić information content (AvgIpc) is 0.815. The molecule has 0 saturated heterocycles. The number of hydrogen-bond donors (Lipinski definition) is 7. The van der Waals surface area contributed by atoms with Crippen LogP contribution < -0.4 is 47.8 Å². The largest absolute Gasteiger partial charge is 0.508 e. The predicted octanol–water partition coefficient (Wildman–Crippen LogP) is 25.4. The van der Waals surface area contributed by atoms with E-state index in [1.807, 2.05) is 146 Å². The van der Waals surface area contributed by atoms with Crippen molar-refractivity contribution in [2.45, 2.75) is 51.9 Å². The first-order chi connectivity index (χ1) is 65.2. The molecule has 19 rings (SSSR count). The van der Waals surface area contributed by atoms with Crippen molar-refractivity contribution in [1.29, 1.82) is 0 Å². The summed E-state index contributed by atoms with van der Waals surface area (Å²) in [6.07, 6.45) is 10.9. The maximum Gasteiger partial charge on any atom is 0.433 e. The van der Waals surface area contributed by atoms with Crippen molar-refractivity contribution in [3.8, 4) is 51.5 Å². The molecule has 0 spiro atoms. The standard InChI is InChI=1S/C25H18FN5O.C21H13F4N3O.C20H14ClFN4O.C17H16N4OS.C16H11Cl3N4S/c26-20-13-18(29-24-14-21(30-25(27)31-24)16-5-2-1-3-6-16)9-10-23(20)32-22-8-4-7-17-15-28-12-11-19(17)22;22-16-10-13(11-20-27-9-7-19(28-20)21(23,24)25)4-5-18(16)29-17-3-1-2-14-12-26-8-6-15(14)17;21-19-10-14(25-20(23)26-19)8-12-4-5-18(16(22)9-12)27-17-3-1-2-13-11-24-7-6-15(13)17;1-11-10-16(21-17(18)19-11)20-12-2-6-14(7-3-12)23-15-8-4-13(22)5-9-15;17-12-6-9(5-10-8-14(19)23-16(20)22-10)7-13(18)15(12)24-11-1-3-21-4-2-11/h1-15H,(H3,27,29,30,31);1-10,12H,11H2;1-7,9-11H,8H2,(H2,23,25,26);2-10,22H,1H3,(H3,18,19,20,21);1-4,6-8H,5H2,(H2,20,22,23). The minimum absolute atomic E-state index is 0.00280. The van der Waals surface area contributed by atoms with Gasteiger partial charge >= 0.3 is 6.18 Å². The quantitative estimate of drug-likeness (QED) is 0.0259. The number of nitrogens with one attached hydrogen (secondary N) is 2. The molecule has 0 unspecified atom stereocenters. The summed E-state index contributed by atoms with van der Waals surface area (Å²) in [5.74, 6) is 2.21. The van der Waals surface area contributed by atoms with Crippen LogP contribution in [0.2, 0.25) is 20.4 Å². The van der Waals surface area contributed by atoms with E-state index in [2.05, 4.69) is 80.4 Å². The molecule has 9 aromatic heterocycles. The zero-order chi connectivity index (χ0) is 94.5. The van der Waals surface area contributed by atoms with Gasteiger partial charge in [0.05, 0.1) is 27.1 Å². The number of aryl methyl sites for hydroxylation is 1. The maximum absolute atomic E-state index is 14.8. The zero-order valence-electron chi connectivity index (χ0n) is 70.5. The summed E-state index contributed by atoms with van der Waals surface area (Å²) < 4.78 is 99.6. The number of pyridine rings is 4. The van der Waals surface area contributed by atoms with Crippen LogP contribution in [0.15, 0.2) is 336 Å². The highest BCUT2D eigenvalue weighted by molar-refractivity contribution is 7.99. The number of phenols is 1. The molecule has 0 saturated carbocycles. The Hall–Kier alpha value is -15.6. The topological polar surface area (TPSA) is 357 Å². The van der Waals surface area contributed by atoms with Crippen LogP contribution in [0.3, 0.4) is 0 Å². The molecule has 135 heavy (non-hydrogen) atoms. The Labute approximate surface area is 795 Å². The average molecular weight is 1930 g/mol. The molecule has 0 amide bonds. The van der Waals surface area contributed by atoms with Crippen LogP contribution in [0.5, 0.6) is 40.2 Å². The summed E-state index contributed by atoms with van der Waals surface area (Å²) in [4.78, 5) is 60.2. The fraction of sp³-hybridized carbons (Fsp3) is 0.0505. The van der Waals surface area contributed by atoms with Crippen molar-refractivity contribution in [2.75, 3.05) is 33.6 Å². The third-order valence-corrected chi connectivity index (χ3v) is 22.6. The van der Waals surface area contributed by atoms with Crippen LogP contribution in [-0.2, 0) is 25.4 Å². The molecule has 9 heterocycles. The number of ether oxygens (including phenoxy) is 3. The minimum atomic E-state index is -4.56. The predicted molar refractivity (Wildman–Crippen MR) is 516 cm³/mol. The van der Waals surface area contributed by atoms with Gasteiger partial charge in [0.2, 0.25) is 23.8 Å². The van der Waals surface area contributed by atoms with Crippen LogP contribution in [0.1, 0.15) is 45.3 Å². The number of aromatic hydroxyl groups is 1. The minimum Gasteiger partial charge on any atom is -0.508 e. The molecule has 0 aliphatic heterocycles. The number of alkyl halides is 3. The smallest absolute Gasteiger partial charge is 0.433 e. The Balaban J connectivity index is 0.000000129. The van der Waals surface area contributed by atoms with Crippen molar-refractivity contribution >= 4 is 149 Å². The summed E-state index contributed by atoms with van der Waals surface area (Å²) in [7, 11) is 0. The van der Waals surface area contributed by atoms with Crippen LogP contribution in [-0.4, -0.2) is 74.9 Å². The highest BCUT2D eigenvalue weighted by Crippen LogP contribution is 2.42. The molecule has 0 aliphatic rings. The van der Waals surface area contributed by atoms with Crippen molar-refractivity contribution in [3.63, 3.8) is 0 Å². The second kappa shape index (κ2) is 44.1. The van der Waals surface area contributed by atoms with E-state index in [4.69, 9.17) is 83.5 Å². The maximum atomic E-state index is 14.8. The third-order valence-electron chi connectivity index (χ3n) is 19.2. The second-order valence-corrected chi connectivity index (χ2v) is 33.0. The number of rotatable bonds is 21. The number of nitrogens with zero attached hydrogens (tertiary/aromatic N) is 14. The van der Waals surface area contributed by atoms with Gasteiger partial charge in [0.25, 0.3) is 0 Å². The molecule has 0 atom stereocenters. The number of fused-ring (bicyclic) bond motifs is 3. The molecular weight excluding hydrogens is 1850 g/mol. The Morgan fingerprint density at radius 1 is 0.378 bits per heavy atom. The summed E-state index contributed by atoms with van der Waals surface area (Å²) in [5, 5.41) is 22.5. The first-order valence-corrected chi connectivity index (χ1v) is 43.7. The summed E-state index contributed by atoms with van der Waals surface area (Å²) in [6, 6.07) is 75.5. The first kappa shape index (κ1) is 94.1. The lowest BCUT2D eigenvalue weighted by atomic mass is 10.1. The van der Waals surface area contributed by atoms with Crippen LogP contribution in [0, 0.1) is 24.4 Å². The van der Waals surface area contributed by atoms with Gasteiger partial charge in [-0.2, -0.15) is 23.1 Å². The Bertz CT molecular complexity index is 7320. The second-order valence-electron chi connectivity index (χ2n) is 29.2. The Morgan fingerprint density at radius 2 is 0.830 bits per heavy atom. The molecule has 11 N–H and O–H groups in total. The van der Waals surface area contributed by atoms with Gasteiger partial charge in [-0.05, 0) is 187 Å². The van der Waals surface area contributed by atoms with E-state index in [9.17, 15) is 31.4 Å². The van der Waals surface area contributed by atoms with Gasteiger partial charge in [-0.25, -0.2) is 53.0 Å². The number of nitrogens with two attached hydrogens (primary N) is 4. The third kappa shape index (κ3) is 26.4. The van der Waals surface area contributed by atoms with Gasteiger partial charge in [-0.3, -0.25) is 19.9 Å². The molecule has 0 fully saturated rings. The van der Waals surface area contributed by atoms with Crippen LogP contribution in [0.25, 0.3) is 43.6 Å². The van der Waals surface area contributed by atoms with Gasteiger partial charge < -0.3 is 52.9 Å². The molecule has 10 aromatic carbocycles. The Kier molecular flexibility index (Phi) is 30.7. The lowest BCUT2D eigenvalue weighted by Gasteiger charge is -2.12. The first-order valence-electron chi connectivity index (χ1n) is 40.6. The number of anilines is 8. The van der Waals surface area contributed by atoms with E-state index in [1.54, 1.807) is 152 Å². The van der Waals surface area contributed by atoms with Gasteiger partial charge in [0.1, 0.15) is 56.5 Å². The summed E-state index contributed by atoms with van der Waals surface area (Å²) in [6.45, 7) is 1.88. The number of aromatic nitrogens is 14. The van der Waals surface area contributed by atoms with Crippen LogP contribution >= 0.6 is 69.9 Å². The summed E-state index contributed by atoms with van der Waals surface area (Å²) in [5.41, 5.74) is 28.9. The molecule has 24 nitrogen and oxygen atoms in total. The molecule has 0 bridgehead atoms. The van der Waals surface area contributed by atoms with Gasteiger partial charge in [-0.1, -0.05) is 149 Å². The molecule has 674 valence electrons. The van der Waals surface area contributed by atoms with Crippen molar-refractivity contribution in [1.82, 2.24) is 69.8 Å². The fourth-order valence-electron chi connectivity index (χ4n) is 13.3. The number of halogens is 10. The van der Waals surface area contributed by atoms with E-state index in [-0.39, 0.29) is 64.2 Å². The fourth-order valence-corrected chi connectivity index (χ4v) is 16.1. The highest BCUT2D eigenvalue weighted by Gasteiger charge is 2.33. The van der Waals surface area contributed by atoms with E-state index in [0.717, 1.165) is 92.2 Å². The Morgan fingerprint density at radius 3 is 1.33 bits per heavy atom. The lowest BCUT2D eigenvalue weighted by molar-refractivity contribution is -0.141. The number of hydrogen-bond acceptors (Lipinski definition) is 26. The van der Waals surface area contributed by atoms with Crippen molar-refractivity contribution in [3.05, 3.63) is 400 Å². The lowest BCUT2D eigenvalue weighted by Crippen LogP contribution is -2.10. The zero-order valence-corrected chi connectivity index (χ0v) is 75.1. The number of phenolic OH excluding ortho intramolecular Hbond substituents is 1. The normalized spacial score (nSPS) is 10.9. The SMILES string of the molecule is Cc1cc(Nc2ccc(Sc3ccc(O)cc3)cc2)nc(N)n1.Fc1cc(Cc2nccc(C(F)(F)F)n2)ccc1Oc1cccc2cnccc12.Nc1nc(Cl)cc(Cc2cc(Cl)c(Sc3ccncc3)c(Cl)c2)n1.Nc1nc(Cl)cc(Cc2ccc(Oc3cccc4cnccc34)c(F)c2)n1.Nc1nc(Nc2ccc(Oc3cccc4cnccc34)c(F)c2)cc(-c2ccccc2)n1. The van der Waals surface area contributed by atoms with E-state index in [1.165, 1.54) is 36.0 Å². The van der Waals surface area contributed by atoms with Gasteiger partial charge in [0, 0.05) is 168 Å². The van der Waals surface area contributed by atoms with E-state index >= 15 is 0 Å². The molecule has 36 heteroatoms. The number of nitrogen functional groups attached to an aromatic ring is 4. The van der Waals surface area contributed by atoms with Crippen LogP contribution in [0.4, 0.5) is 73.1 Å². The highest BCUT2D eigenvalue weighted by atomic mass is 35.5. The summed E-state index contributed by atoms with van der Waals surface area (Å²) >= 11 is 27.7. The number of benzene rings is 10. The van der Waals surface area contributed by atoms with E-state index < -0.39 is 29.3 Å². The molecule has 0 radical (unpaired) electrons. The molecular formula is C99H72Cl4F6N20O4S2. The molecule has 19 aromatic rings. The van der Waals surface area contributed by atoms with Gasteiger partial charge in [0.15, 0.2) is 34.7 Å². The van der Waals surface area contributed by atoms with Crippen molar-refractivity contribution in [2.24, 2.45) is 0 Å². The van der Waals surface area contributed by atoms with E-state index in [0.29, 0.717) is 85.3 Å². The molecule has 0 aliphatic carbocycles. The van der Waals surface area contributed by atoms with Crippen molar-refractivity contribution < 1.29 is 45.7 Å². The monoisotopic (exact) mass is 1920 g/mol.